The van der Waals surface area contributed by atoms with Crippen LogP contribution >= 0.6 is 23.2 Å². The molecular formula is C16H10Cl2N2O2. The van der Waals surface area contributed by atoms with Crippen LogP contribution in [0, 0.1) is 0 Å². The molecule has 0 radical (unpaired) electrons. The van der Waals surface area contributed by atoms with E-state index in [0.717, 1.165) is 0 Å². The van der Waals surface area contributed by atoms with Crippen LogP contribution in [0.3, 0.4) is 0 Å². The van der Waals surface area contributed by atoms with Crippen LogP contribution in [0.1, 0.15) is 11.4 Å². The number of para-hydroxylation sites is 1. The van der Waals surface area contributed by atoms with Crippen LogP contribution in [-0.4, -0.2) is 15.1 Å². The average molecular weight is 333 g/mol. The summed E-state index contributed by atoms with van der Waals surface area (Å²) in [7, 11) is 0. The Balaban J connectivity index is 2.08. The second-order valence-electron chi connectivity index (χ2n) is 4.63. The van der Waals surface area contributed by atoms with Crippen molar-refractivity contribution >= 4 is 45.2 Å². The van der Waals surface area contributed by atoms with Gasteiger partial charge in [0, 0.05) is 0 Å². The summed E-state index contributed by atoms with van der Waals surface area (Å²) in [6.45, 7) is 0. The number of H-pyrrole nitrogens is 1. The number of hydrogen-bond donors (Lipinski definition) is 2. The van der Waals surface area contributed by atoms with Crippen molar-refractivity contribution in [3.05, 3.63) is 69.2 Å². The smallest absolute Gasteiger partial charge is 0.259 e. The second-order valence-corrected chi connectivity index (χ2v) is 5.45. The normalized spacial score (nSPS) is 11.8. The summed E-state index contributed by atoms with van der Waals surface area (Å²) in [6.07, 6.45) is 1.61. The molecule has 6 heteroatoms. The standard InChI is InChI=1S/C16H10Cl2N2O2/c17-11-7-9(5-6-14(11)21)8-12(18)15-19-13-4-2-1-3-10(13)16(22)20-15/h1-8,21H,(H,19,20,22). The lowest BCUT2D eigenvalue weighted by atomic mass is 10.2. The van der Waals surface area contributed by atoms with Crippen LogP contribution in [0.2, 0.25) is 5.02 Å². The van der Waals surface area contributed by atoms with Gasteiger partial charge in [-0.1, -0.05) is 41.4 Å². The van der Waals surface area contributed by atoms with Gasteiger partial charge in [-0.25, -0.2) is 4.98 Å². The zero-order valence-corrected chi connectivity index (χ0v) is 12.7. The number of nitrogens with zero attached hydrogens (tertiary/aromatic N) is 1. The van der Waals surface area contributed by atoms with E-state index >= 15 is 0 Å². The summed E-state index contributed by atoms with van der Waals surface area (Å²) in [5.41, 5.74) is 0.996. The highest BCUT2D eigenvalue weighted by atomic mass is 35.5. The SMILES string of the molecule is O=c1[nH]c(C(Cl)=Cc2ccc(O)c(Cl)c2)nc2ccccc12. The van der Waals surface area contributed by atoms with Crippen molar-refractivity contribution in [3.63, 3.8) is 0 Å². The van der Waals surface area contributed by atoms with Crippen molar-refractivity contribution in [2.45, 2.75) is 0 Å². The number of fused-ring (bicyclic) bond motifs is 1. The van der Waals surface area contributed by atoms with Crippen molar-refractivity contribution < 1.29 is 5.11 Å². The first-order chi connectivity index (χ1) is 10.5. The number of aromatic nitrogens is 2. The number of nitrogens with one attached hydrogen (secondary N) is 1. The molecule has 2 aromatic carbocycles. The number of halogens is 2. The van der Waals surface area contributed by atoms with Crippen molar-refractivity contribution in [2.75, 3.05) is 0 Å². The van der Waals surface area contributed by atoms with E-state index in [1.807, 2.05) is 0 Å². The third-order valence-electron chi connectivity index (χ3n) is 3.10. The van der Waals surface area contributed by atoms with E-state index in [2.05, 4.69) is 9.97 Å². The minimum absolute atomic E-state index is 0.00724. The minimum atomic E-state index is -0.254. The number of benzene rings is 2. The molecule has 3 aromatic rings. The zero-order chi connectivity index (χ0) is 15.7. The Bertz CT molecular complexity index is 948. The molecule has 0 bridgehead atoms. The van der Waals surface area contributed by atoms with Gasteiger partial charge in [0.1, 0.15) is 5.75 Å². The van der Waals surface area contributed by atoms with Gasteiger partial charge >= 0.3 is 0 Å². The quantitative estimate of drug-likeness (QED) is 0.744. The van der Waals surface area contributed by atoms with Crippen LogP contribution in [0.25, 0.3) is 22.0 Å². The molecule has 110 valence electrons. The molecule has 1 heterocycles. The first-order valence-corrected chi connectivity index (χ1v) is 7.15. The van der Waals surface area contributed by atoms with Gasteiger partial charge in [0.25, 0.3) is 5.56 Å². The van der Waals surface area contributed by atoms with Gasteiger partial charge in [-0.15, -0.1) is 0 Å². The number of phenolic OH excluding ortho intramolecular Hbond substituents is 1. The Morgan fingerprint density at radius 2 is 2.00 bits per heavy atom. The highest BCUT2D eigenvalue weighted by Gasteiger charge is 2.07. The predicted molar refractivity (Wildman–Crippen MR) is 89.2 cm³/mol. The largest absolute Gasteiger partial charge is 0.506 e. The van der Waals surface area contributed by atoms with E-state index < -0.39 is 0 Å². The monoisotopic (exact) mass is 332 g/mol. The van der Waals surface area contributed by atoms with E-state index in [4.69, 9.17) is 23.2 Å². The van der Waals surface area contributed by atoms with Gasteiger partial charge in [0.05, 0.1) is 21.0 Å². The minimum Gasteiger partial charge on any atom is -0.506 e. The Morgan fingerprint density at radius 3 is 2.77 bits per heavy atom. The lowest BCUT2D eigenvalue weighted by Crippen LogP contribution is -2.10. The van der Waals surface area contributed by atoms with Crippen molar-refractivity contribution in [2.24, 2.45) is 0 Å². The van der Waals surface area contributed by atoms with Gasteiger partial charge < -0.3 is 10.1 Å². The topological polar surface area (TPSA) is 66.0 Å². The Morgan fingerprint density at radius 1 is 1.23 bits per heavy atom. The highest BCUT2D eigenvalue weighted by Crippen LogP contribution is 2.26. The number of hydrogen-bond acceptors (Lipinski definition) is 3. The van der Waals surface area contributed by atoms with Crippen molar-refractivity contribution in [1.82, 2.24) is 9.97 Å². The molecule has 0 saturated heterocycles. The van der Waals surface area contributed by atoms with Crippen LogP contribution in [0.4, 0.5) is 0 Å². The predicted octanol–water partition coefficient (Wildman–Crippen LogP) is 4.02. The fraction of sp³-hybridized carbons (Fsp3) is 0. The molecule has 22 heavy (non-hydrogen) atoms. The molecule has 3 rings (SSSR count). The van der Waals surface area contributed by atoms with Crippen LogP contribution in [-0.2, 0) is 0 Å². The lowest BCUT2D eigenvalue weighted by Gasteiger charge is -2.03. The second kappa shape index (κ2) is 5.83. The summed E-state index contributed by atoms with van der Waals surface area (Å²) in [6, 6.07) is 11.7. The molecule has 0 saturated carbocycles. The number of phenols is 1. The Kier molecular flexibility index (Phi) is 3.88. The average Bonchev–Trinajstić information content (AvgIpc) is 2.51. The maximum absolute atomic E-state index is 12.0. The van der Waals surface area contributed by atoms with E-state index in [-0.39, 0.29) is 27.2 Å². The summed E-state index contributed by atoms with van der Waals surface area (Å²) in [5, 5.41) is 10.4. The van der Waals surface area contributed by atoms with E-state index in [1.165, 1.54) is 6.07 Å². The molecule has 4 nitrogen and oxygen atoms in total. The van der Waals surface area contributed by atoms with E-state index in [9.17, 15) is 9.90 Å². The third-order valence-corrected chi connectivity index (χ3v) is 3.70. The van der Waals surface area contributed by atoms with Gasteiger partial charge in [0.15, 0.2) is 5.82 Å². The molecule has 0 aliphatic rings. The van der Waals surface area contributed by atoms with Crippen LogP contribution in [0.15, 0.2) is 47.3 Å². The van der Waals surface area contributed by atoms with Crippen molar-refractivity contribution in [1.29, 1.82) is 0 Å². The number of rotatable bonds is 2. The van der Waals surface area contributed by atoms with Gasteiger partial charge in [-0.3, -0.25) is 4.79 Å². The molecule has 0 amide bonds. The molecule has 0 atom stereocenters. The van der Waals surface area contributed by atoms with Gasteiger partial charge in [-0.2, -0.15) is 0 Å². The Hall–Kier alpha value is -2.30. The summed E-state index contributed by atoms with van der Waals surface area (Å²) in [5.74, 6) is 0.266. The summed E-state index contributed by atoms with van der Waals surface area (Å²) in [4.78, 5) is 19.0. The van der Waals surface area contributed by atoms with E-state index in [1.54, 1.807) is 42.5 Å². The fourth-order valence-electron chi connectivity index (χ4n) is 2.03. The first-order valence-electron chi connectivity index (χ1n) is 6.40. The van der Waals surface area contributed by atoms with Crippen LogP contribution in [0.5, 0.6) is 5.75 Å². The van der Waals surface area contributed by atoms with Crippen molar-refractivity contribution in [3.8, 4) is 5.75 Å². The molecule has 0 aliphatic heterocycles. The molecule has 2 N–H and O–H groups in total. The lowest BCUT2D eigenvalue weighted by molar-refractivity contribution is 0.475. The molecule has 0 unspecified atom stereocenters. The fourth-order valence-corrected chi connectivity index (χ4v) is 2.43. The molecule has 0 aliphatic carbocycles. The molecule has 0 fully saturated rings. The molecule has 1 aromatic heterocycles. The number of aromatic hydroxyl groups is 1. The maximum atomic E-state index is 12.0. The molecule has 0 spiro atoms. The van der Waals surface area contributed by atoms with Crippen LogP contribution < -0.4 is 5.56 Å². The Labute approximate surface area is 135 Å². The summed E-state index contributed by atoms with van der Waals surface area (Å²) >= 11 is 12.1. The maximum Gasteiger partial charge on any atom is 0.259 e. The molecular weight excluding hydrogens is 323 g/mol. The van der Waals surface area contributed by atoms with E-state index in [0.29, 0.717) is 16.5 Å². The van der Waals surface area contributed by atoms with Gasteiger partial charge in [0.2, 0.25) is 0 Å². The third kappa shape index (κ3) is 2.84. The zero-order valence-electron chi connectivity index (χ0n) is 11.2. The number of aromatic amines is 1. The summed E-state index contributed by atoms with van der Waals surface area (Å²) < 4.78 is 0. The highest BCUT2D eigenvalue weighted by molar-refractivity contribution is 6.50. The first kappa shape index (κ1) is 14.6. The van der Waals surface area contributed by atoms with Gasteiger partial charge in [-0.05, 0) is 35.9 Å².